The zero-order chi connectivity index (χ0) is 11.5. The van der Waals surface area contributed by atoms with Crippen molar-refractivity contribution < 1.29 is 9.32 Å². The summed E-state index contributed by atoms with van der Waals surface area (Å²) in [6.07, 6.45) is 2.78. The molecule has 0 fully saturated rings. The number of nitrogens with two attached hydrogens (primary N) is 1. The highest BCUT2D eigenvalue weighted by molar-refractivity contribution is 6.08. The molecule has 1 amide bonds. The number of anilines is 2. The second kappa shape index (κ2) is 4.06. The summed E-state index contributed by atoms with van der Waals surface area (Å²) in [6.45, 7) is 1.83. The Morgan fingerprint density at radius 3 is 2.94 bits per heavy atom. The number of hydrogen-bond acceptors (Lipinski definition) is 4. The molecule has 0 radical (unpaired) electrons. The molecule has 5 heteroatoms. The number of carbonyl (C=O) groups is 1. The van der Waals surface area contributed by atoms with Crippen LogP contribution in [0.3, 0.4) is 0 Å². The summed E-state index contributed by atoms with van der Waals surface area (Å²) in [5.41, 5.74) is 8.01. The molecule has 0 saturated heterocycles. The Kier molecular flexibility index (Phi) is 2.59. The van der Waals surface area contributed by atoms with Crippen molar-refractivity contribution in [1.82, 2.24) is 5.16 Å². The summed E-state index contributed by atoms with van der Waals surface area (Å²) >= 11 is 0. The van der Waals surface area contributed by atoms with Crippen molar-refractivity contribution >= 4 is 17.3 Å². The molecule has 0 spiro atoms. The van der Waals surface area contributed by atoms with E-state index in [-0.39, 0.29) is 5.91 Å². The fourth-order valence-electron chi connectivity index (χ4n) is 1.46. The monoisotopic (exact) mass is 217 g/mol. The van der Waals surface area contributed by atoms with Gasteiger partial charge in [0.25, 0.3) is 5.91 Å². The number of aryl methyl sites for hydroxylation is 1. The Balaban J connectivity index is 2.28. The highest BCUT2D eigenvalue weighted by atomic mass is 16.5. The van der Waals surface area contributed by atoms with Crippen molar-refractivity contribution in [3.05, 3.63) is 41.8 Å². The van der Waals surface area contributed by atoms with Crippen LogP contribution in [0.25, 0.3) is 0 Å². The summed E-state index contributed by atoms with van der Waals surface area (Å²) in [5, 5.41) is 6.14. The van der Waals surface area contributed by atoms with E-state index < -0.39 is 0 Å². The van der Waals surface area contributed by atoms with Gasteiger partial charge < -0.3 is 15.6 Å². The summed E-state index contributed by atoms with van der Waals surface area (Å²) in [6, 6.07) is 5.33. The predicted molar refractivity (Wildman–Crippen MR) is 60.0 cm³/mol. The highest BCUT2D eigenvalue weighted by Crippen LogP contribution is 2.18. The van der Waals surface area contributed by atoms with Crippen molar-refractivity contribution in [2.45, 2.75) is 6.92 Å². The SMILES string of the molecule is Cc1cccc(N)c1C(=O)Nc1cnoc1. The van der Waals surface area contributed by atoms with Crippen molar-refractivity contribution in [3.63, 3.8) is 0 Å². The van der Waals surface area contributed by atoms with Gasteiger partial charge in [-0.15, -0.1) is 0 Å². The number of benzene rings is 1. The Hall–Kier alpha value is -2.30. The molecule has 3 N–H and O–H groups in total. The lowest BCUT2D eigenvalue weighted by atomic mass is 10.1. The lowest BCUT2D eigenvalue weighted by Crippen LogP contribution is -2.15. The standard InChI is InChI=1S/C11H11N3O2/c1-7-3-2-4-9(12)10(7)11(15)14-8-5-13-16-6-8/h2-6H,12H2,1H3,(H,14,15). The first-order chi connectivity index (χ1) is 7.68. The summed E-state index contributed by atoms with van der Waals surface area (Å²) < 4.78 is 4.62. The average molecular weight is 217 g/mol. The lowest BCUT2D eigenvalue weighted by molar-refractivity contribution is 0.102. The quantitative estimate of drug-likeness (QED) is 0.752. The van der Waals surface area contributed by atoms with Gasteiger partial charge in [0.05, 0.1) is 11.8 Å². The van der Waals surface area contributed by atoms with Gasteiger partial charge in [-0.25, -0.2) is 0 Å². The third kappa shape index (κ3) is 1.88. The van der Waals surface area contributed by atoms with E-state index in [1.165, 1.54) is 12.5 Å². The third-order valence-electron chi connectivity index (χ3n) is 2.22. The van der Waals surface area contributed by atoms with Crippen molar-refractivity contribution in [1.29, 1.82) is 0 Å². The number of rotatable bonds is 2. The molecule has 16 heavy (non-hydrogen) atoms. The maximum absolute atomic E-state index is 11.9. The smallest absolute Gasteiger partial charge is 0.258 e. The second-order valence-electron chi connectivity index (χ2n) is 3.41. The fraction of sp³-hybridized carbons (Fsp3) is 0.0909. The molecule has 2 aromatic rings. The number of hydrogen-bond donors (Lipinski definition) is 2. The van der Waals surface area contributed by atoms with E-state index in [9.17, 15) is 4.79 Å². The Bertz CT molecular complexity index is 486. The van der Waals surface area contributed by atoms with E-state index >= 15 is 0 Å². The lowest BCUT2D eigenvalue weighted by Gasteiger charge is -2.08. The van der Waals surface area contributed by atoms with Crippen LogP contribution in [0.5, 0.6) is 0 Å². The first-order valence-corrected chi connectivity index (χ1v) is 4.74. The Morgan fingerprint density at radius 2 is 2.31 bits per heavy atom. The maximum atomic E-state index is 11.9. The summed E-state index contributed by atoms with van der Waals surface area (Å²) in [5.74, 6) is -0.265. The van der Waals surface area contributed by atoms with Crippen LogP contribution in [0.2, 0.25) is 0 Å². The van der Waals surface area contributed by atoms with Crippen LogP contribution in [0, 0.1) is 6.92 Å². The van der Waals surface area contributed by atoms with Gasteiger partial charge in [-0.2, -0.15) is 0 Å². The summed E-state index contributed by atoms with van der Waals surface area (Å²) in [4.78, 5) is 11.9. The molecule has 1 aromatic heterocycles. The van der Waals surface area contributed by atoms with E-state index in [0.717, 1.165) is 5.56 Å². The third-order valence-corrected chi connectivity index (χ3v) is 2.22. The van der Waals surface area contributed by atoms with Crippen LogP contribution in [-0.2, 0) is 0 Å². The molecule has 0 saturated carbocycles. The van der Waals surface area contributed by atoms with Crippen LogP contribution >= 0.6 is 0 Å². The van der Waals surface area contributed by atoms with Crippen molar-refractivity contribution in [3.8, 4) is 0 Å². The van der Waals surface area contributed by atoms with Gasteiger partial charge in [0, 0.05) is 5.69 Å². The maximum Gasteiger partial charge on any atom is 0.258 e. The molecule has 1 aromatic carbocycles. The molecule has 0 aliphatic rings. The number of aromatic nitrogens is 1. The predicted octanol–water partition coefficient (Wildman–Crippen LogP) is 1.82. The van der Waals surface area contributed by atoms with Gasteiger partial charge in [0.1, 0.15) is 12.0 Å². The molecule has 0 bridgehead atoms. The Labute approximate surface area is 92.2 Å². The minimum absolute atomic E-state index is 0.265. The minimum Gasteiger partial charge on any atom is -0.398 e. The molecule has 0 unspecified atom stereocenters. The van der Waals surface area contributed by atoms with Gasteiger partial charge in [-0.3, -0.25) is 4.79 Å². The van der Waals surface area contributed by atoms with Crippen LogP contribution in [-0.4, -0.2) is 11.1 Å². The van der Waals surface area contributed by atoms with Crippen LogP contribution < -0.4 is 11.1 Å². The molecule has 0 aliphatic carbocycles. The van der Waals surface area contributed by atoms with E-state index in [1.54, 1.807) is 12.1 Å². The average Bonchev–Trinajstić information content (AvgIpc) is 2.70. The van der Waals surface area contributed by atoms with Crippen LogP contribution in [0.15, 0.2) is 35.2 Å². The molecule has 0 aliphatic heterocycles. The van der Waals surface area contributed by atoms with E-state index in [0.29, 0.717) is 16.9 Å². The number of nitrogens with one attached hydrogen (secondary N) is 1. The molecule has 5 nitrogen and oxygen atoms in total. The van der Waals surface area contributed by atoms with E-state index in [2.05, 4.69) is 15.0 Å². The van der Waals surface area contributed by atoms with Crippen LogP contribution in [0.1, 0.15) is 15.9 Å². The van der Waals surface area contributed by atoms with E-state index in [1.807, 2.05) is 13.0 Å². The zero-order valence-electron chi connectivity index (χ0n) is 8.73. The van der Waals surface area contributed by atoms with Gasteiger partial charge in [0.15, 0.2) is 0 Å². The number of amides is 1. The van der Waals surface area contributed by atoms with Crippen molar-refractivity contribution in [2.75, 3.05) is 11.1 Å². The normalized spacial score (nSPS) is 10.1. The topological polar surface area (TPSA) is 81.2 Å². The van der Waals surface area contributed by atoms with Gasteiger partial charge >= 0.3 is 0 Å². The van der Waals surface area contributed by atoms with Gasteiger partial charge in [0.2, 0.25) is 0 Å². The molecule has 2 rings (SSSR count). The molecular weight excluding hydrogens is 206 g/mol. The van der Waals surface area contributed by atoms with Gasteiger partial charge in [-0.05, 0) is 18.6 Å². The molecule has 0 atom stereocenters. The molecule has 1 heterocycles. The second-order valence-corrected chi connectivity index (χ2v) is 3.41. The first kappa shape index (κ1) is 10.2. The largest absolute Gasteiger partial charge is 0.398 e. The molecule has 82 valence electrons. The van der Waals surface area contributed by atoms with Gasteiger partial charge in [-0.1, -0.05) is 17.3 Å². The first-order valence-electron chi connectivity index (χ1n) is 4.74. The number of nitrogen functional groups attached to an aromatic ring is 1. The van der Waals surface area contributed by atoms with E-state index in [4.69, 9.17) is 5.73 Å². The zero-order valence-corrected chi connectivity index (χ0v) is 8.73. The number of nitrogens with zero attached hydrogens (tertiary/aromatic N) is 1. The highest BCUT2D eigenvalue weighted by Gasteiger charge is 2.13. The van der Waals surface area contributed by atoms with Crippen molar-refractivity contribution in [2.24, 2.45) is 0 Å². The minimum atomic E-state index is -0.265. The number of carbonyl (C=O) groups excluding carboxylic acids is 1. The fourth-order valence-corrected chi connectivity index (χ4v) is 1.46. The summed E-state index contributed by atoms with van der Waals surface area (Å²) in [7, 11) is 0. The van der Waals surface area contributed by atoms with Crippen LogP contribution in [0.4, 0.5) is 11.4 Å². The Morgan fingerprint density at radius 1 is 1.50 bits per heavy atom. The molecular formula is C11H11N3O2.